The Morgan fingerprint density at radius 2 is 1.88 bits per heavy atom. The predicted molar refractivity (Wildman–Crippen MR) is 96.6 cm³/mol. The summed E-state index contributed by atoms with van der Waals surface area (Å²) < 4.78 is 12.8. The Morgan fingerprint density at radius 3 is 2.69 bits per heavy atom. The molecular formula is C20H22N2O4. The highest BCUT2D eigenvalue weighted by atomic mass is 16.5. The predicted octanol–water partition coefficient (Wildman–Crippen LogP) is 1.88. The van der Waals surface area contributed by atoms with Crippen LogP contribution < -0.4 is 15.0 Å². The first-order valence-corrected chi connectivity index (χ1v) is 8.89. The second kappa shape index (κ2) is 6.86. The number of pyridine rings is 1. The molecule has 1 aromatic carbocycles. The average molecular weight is 354 g/mol. The molecule has 0 spiro atoms. The van der Waals surface area contributed by atoms with Crippen LogP contribution in [-0.2, 0) is 11.3 Å². The van der Waals surface area contributed by atoms with Crippen molar-refractivity contribution in [3.63, 3.8) is 0 Å². The summed E-state index contributed by atoms with van der Waals surface area (Å²) in [6, 6.07) is 12.7. The lowest BCUT2D eigenvalue weighted by Crippen LogP contribution is -2.50. The standard InChI is InChI=1S/C20H22N2O4/c1-25-17-6-2-3-7-18(17)26-13-20(24)21-10-14-9-15(12-21)16-5-4-8-19(23)22(16)11-14/h2-8,14-15H,9-13H2,1H3/t14-,15+/m0/s1. The number of aromatic nitrogens is 1. The highest BCUT2D eigenvalue weighted by Gasteiger charge is 2.36. The van der Waals surface area contributed by atoms with Crippen molar-refractivity contribution in [2.45, 2.75) is 18.9 Å². The van der Waals surface area contributed by atoms with E-state index in [9.17, 15) is 9.59 Å². The highest BCUT2D eigenvalue weighted by Crippen LogP contribution is 2.35. The molecule has 2 bridgehead atoms. The number of rotatable bonds is 4. The number of likely N-dealkylation sites (tertiary alicyclic amines) is 1. The largest absolute Gasteiger partial charge is 0.493 e. The van der Waals surface area contributed by atoms with E-state index < -0.39 is 0 Å². The summed E-state index contributed by atoms with van der Waals surface area (Å²) in [5, 5.41) is 0. The minimum Gasteiger partial charge on any atom is -0.493 e. The zero-order valence-corrected chi connectivity index (χ0v) is 14.8. The van der Waals surface area contributed by atoms with Crippen molar-refractivity contribution in [2.24, 2.45) is 5.92 Å². The van der Waals surface area contributed by atoms with Crippen molar-refractivity contribution >= 4 is 5.91 Å². The van der Waals surface area contributed by atoms with Crippen LogP contribution in [0.25, 0.3) is 0 Å². The van der Waals surface area contributed by atoms with Gasteiger partial charge in [0.05, 0.1) is 7.11 Å². The van der Waals surface area contributed by atoms with Crippen molar-refractivity contribution in [1.82, 2.24) is 9.47 Å². The number of fused-ring (bicyclic) bond motifs is 4. The molecule has 4 rings (SSSR count). The third-order valence-electron chi connectivity index (χ3n) is 5.25. The summed E-state index contributed by atoms with van der Waals surface area (Å²) in [5.41, 5.74) is 1.09. The van der Waals surface area contributed by atoms with Crippen LogP contribution in [0.3, 0.4) is 0 Å². The smallest absolute Gasteiger partial charge is 0.260 e. The van der Waals surface area contributed by atoms with Gasteiger partial charge in [-0.3, -0.25) is 9.59 Å². The maximum Gasteiger partial charge on any atom is 0.260 e. The molecule has 1 fully saturated rings. The number of benzene rings is 1. The van der Waals surface area contributed by atoms with Crippen LogP contribution in [0.15, 0.2) is 47.3 Å². The maximum atomic E-state index is 12.7. The number of piperidine rings is 1. The molecule has 0 N–H and O–H groups in total. The molecule has 2 atom stereocenters. The SMILES string of the molecule is COc1ccccc1OCC(=O)N1C[C@@H]2C[C@H](C1)c1cccc(=O)n1C2. The van der Waals surface area contributed by atoms with Gasteiger partial charge in [-0.2, -0.15) is 0 Å². The second-order valence-corrected chi connectivity index (χ2v) is 6.94. The highest BCUT2D eigenvalue weighted by molar-refractivity contribution is 5.78. The first-order chi connectivity index (χ1) is 12.7. The van der Waals surface area contributed by atoms with Crippen molar-refractivity contribution < 1.29 is 14.3 Å². The van der Waals surface area contributed by atoms with Gasteiger partial charge in [-0.15, -0.1) is 0 Å². The molecule has 2 aromatic rings. The van der Waals surface area contributed by atoms with Gasteiger partial charge in [-0.1, -0.05) is 18.2 Å². The third kappa shape index (κ3) is 3.07. The summed E-state index contributed by atoms with van der Waals surface area (Å²) in [5.74, 6) is 1.68. The molecule has 1 saturated heterocycles. The average Bonchev–Trinajstić information content (AvgIpc) is 2.67. The fourth-order valence-corrected chi connectivity index (χ4v) is 4.07. The van der Waals surface area contributed by atoms with E-state index in [-0.39, 0.29) is 24.0 Å². The molecule has 2 aliphatic heterocycles. The lowest BCUT2D eigenvalue weighted by molar-refractivity contribution is -0.136. The van der Waals surface area contributed by atoms with E-state index in [2.05, 4.69) is 0 Å². The number of methoxy groups -OCH3 is 1. The number of para-hydroxylation sites is 2. The van der Waals surface area contributed by atoms with Crippen molar-refractivity contribution in [3.8, 4) is 11.5 Å². The van der Waals surface area contributed by atoms with Gasteiger partial charge >= 0.3 is 0 Å². The van der Waals surface area contributed by atoms with E-state index in [4.69, 9.17) is 9.47 Å². The van der Waals surface area contributed by atoms with Crippen molar-refractivity contribution in [1.29, 1.82) is 0 Å². The maximum absolute atomic E-state index is 12.7. The minimum absolute atomic E-state index is 0.0125. The molecule has 6 heteroatoms. The van der Waals surface area contributed by atoms with Gasteiger partial charge in [0.2, 0.25) is 0 Å². The molecule has 1 aromatic heterocycles. The van der Waals surface area contributed by atoms with Crippen LogP contribution in [0.5, 0.6) is 11.5 Å². The normalized spacial score (nSPS) is 21.0. The first-order valence-electron chi connectivity index (χ1n) is 8.89. The quantitative estimate of drug-likeness (QED) is 0.841. The Kier molecular flexibility index (Phi) is 4.41. The van der Waals surface area contributed by atoms with Crippen LogP contribution in [0.4, 0.5) is 0 Å². The van der Waals surface area contributed by atoms with Crippen LogP contribution in [0.1, 0.15) is 18.0 Å². The fraction of sp³-hybridized carbons (Fsp3) is 0.400. The van der Waals surface area contributed by atoms with E-state index in [0.717, 1.165) is 12.1 Å². The number of nitrogens with zero attached hydrogens (tertiary/aromatic N) is 2. The number of carbonyl (C=O) groups excluding carboxylic acids is 1. The zero-order valence-electron chi connectivity index (χ0n) is 14.8. The molecule has 0 radical (unpaired) electrons. The topological polar surface area (TPSA) is 60.8 Å². The van der Waals surface area contributed by atoms with E-state index in [0.29, 0.717) is 37.1 Å². The fourth-order valence-electron chi connectivity index (χ4n) is 4.07. The van der Waals surface area contributed by atoms with Crippen LogP contribution in [-0.4, -0.2) is 42.2 Å². The molecule has 1 amide bonds. The minimum atomic E-state index is -0.0302. The lowest BCUT2D eigenvalue weighted by Gasteiger charge is -2.42. The van der Waals surface area contributed by atoms with Gasteiger partial charge in [-0.05, 0) is 30.5 Å². The summed E-state index contributed by atoms with van der Waals surface area (Å²) in [7, 11) is 1.58. The Labute approximate surface area is 152 Å². The van der Waals surface area contributed by atoms with Gasteiger partial charge in [0.15, 0.2) is 18.1 Å². The molecule has 0 saturated carbocycles. The molecule has 0 unspecified atom stereocenters. The molecule has 26 heavy (non-hydrogen) atoms. The zero-order chi connectivity index (χ0) is 18.1. The number of carbonyl (C=O) groups is 1. The molecule has 3 heterocycles. The molecule has 0 aliphatic carbocycles. The molecular weight excluding hydrogens is 332 g/mol. The second-order valence-electron chi connectivity index (χ2n) is 6.94. The van der Waals surface area contributed by atoms with Crippen molar-refractivity contribution in [3.05, 3.63) is 58.5 Å². The lowest BCUT2D eigenvalue weighted by atomic mass is 9.83. The van der Waals surface area contributed by atoms with Gasteiger partial charge in [0, 0.05) is 37.3 Å². The van der Waals surface area contributed by atoms with Crippen LogP contribution in [0, 0.1) is 5.92 Å². The summed E-state index contributed by atoms with van der Waals surface area (Å²) in [6.45, 7) is 1.98. The summed E-state index contributed by atoms with van der Waals surface area (Å²) in [4.78, 5) is 26.6. The molecule has 2 aliphatic rings. The van der Waals surface area contributed by atoms with Gasteiger partial charge in [0.1, 0.15) is 0 Å². The number of ether oxygens (including phenoxy) is 2. The summed E-state index contributed by atoms with van der Waals surface area (Å²) in [6.07, 6.45) is 1.03. The Morgan fingerprint density at radius 1 is 1.08 bits per heavy atom. The summed E-state index contributed by atoms with van der Waals surface area (Å²) >= 11 is 0. The Hall–Kier alpha value is -2.76. The third-order valence-corrected chi connectivity index (χ3v) is 5.25. The van der Waals surface area contributed by atoms with Gasteiger partial charge in [-0.25, -0.2) is 0 Å². The van der Waals surface area contributed by atoms with E-state index in [1.54, 1.807) is 31.4 Å². The van der Waals surface area contributed by atoms with Crippen LogP contribution >= 0.6 is 0 Å². The molecule has 136 valence electrons. The number of hydrogen-bond acceptors (Lipinski definition) is 4. The Bertz CT molecular complexity index is 876. The van der Waals surface area contributed by atoms with E-state index >= 15 is 0 Å². The van der Waals surface area contributed by atoms with E-state index in [1.807, 2.05) is 27.7 Å². The van der Waals surface area contributed by atoms with E-state index in [1.165, 1.54) is 0 Å². The number of amides is 1. The first kappa shape index (κ1) is 16.7. The van der Waals surface area contributed by atoms with Crippen LogP contribution in [0.2, 0.25) is 0 Å². The monoisotopic (exact) mass is 354 g/mol. The Balaban J connectivity index is 1.45. The van der Waals surface area contributed by atoms with Gasteiger partial charge < -0.3 is 18.9 Å². The molecule has 6 nitrogen and oxygen atoms in total. The number of hydrogen-bond donors (Lipinski definition) is 0. The van der Waals surface area contributed by atoms with Crippen molar-refractivity contribution in [2.75, 3.05) is 26.8 Å². The van der Waals surface area contributed by atoms with Gasteiger partial charge in [0.25, 0.3) is 11.5 Å².